The number of hydrogen-bond acceptors (Lipinski definition) is 5. The minimum atomic E-state index is -3.37. The van der Waals surface area contributed by atoms with E-state index in [4.69, 9.17) is 4.74 Å². The van der Waals surface area contributed by atoms with Gasteiger partial charge in [0.05, 0.1) is 17.7 Å². The van der Waals surface area contributed by atoms with Crippen molar-refractivity contribution in [2.45, 2.75) is 25.2 Å². The number of sulfone groups is 1. The SMILES string of the molecule is COc1ccc(S(C)(=O)=O)c(C=C(C)C2=NNC(=O)CC2C)c1. The lowest BCUT2D eigenvalue weighted by Gasteiger charge is -2.19. The predicted molar refractivity (Wildman–Crippen MR) is 89.1 cm³/mol. The van der Waals surface area contributed by atoms with Crippen LogP contribution in [0.3, 0.4) is 0 Å². The first kappa shape index (κ1) is 17.2. The van der Waals surface area contributed by atoms with Crippen molar-refractivity contribution < 1.29 is 17.9 Å². The third-order valence-corrected chi connectivity index (χ3v) is 4.82. The smallest absolute Gasteiger partial charge is 0.240 e. The Morgan fingerprint density at radius 1 is 1.43 bits per heavy atom. The summed E-state index contributed by atoms with van der Waals surface area (Å²) in [6.45, 7) is 3.76. The zero-order valence-electron chi connectivity index (χ0n) is 13.6. The van der Waals surface area contributed by atoms with E-state index in [1.807, 2.05) is 13.8 Å². The number of ether oxygens (including phenoxy) is 1. The van der Waals surface area contributed by atoms with E-state index in [1.54, 1.807) is 18.2 Å². The minimum Gasteiger partial charge on any atom is -0.497 e. The number of carbonyl (C=O) groups excluding carboxylic acids is 1. The first-order chi connectivity index (χ1) is 10.7. The van der Waals surface area contributed by atoms with Gasteiger partial charge in [-0.05, 0) is 42.3 Å². The predicted octanol–water partition coefficient (Wildman–Crippen LogP) is 2.01. The molecule has 1 aliphatic rings. The van der Waals surface area contributed by atoms with Crippen LogP contribution in [0.4, 0.5) is 0 Å². The molecule has 0 aromatic heterocycles. The second-order valence-electron chi connectivity index (χ2n) is 5.64. The molecule has 1 unspecified atom stereocenters. The van der Waals surface area contributed by atoms with Gasteiger partial charge in [0.2, 0.25) is 5.91 Å². The number of hydrazone groups is 1. The van der Waals surface area contributed by atoms with Gasteiger partial charge < -0.3 is 4.74 Å². The number of nitrogens with one attached hydrogen (secondary N) is 1. The van der Waals surface area contributed by atoms with Crippen LogP contribution < -0.4 is 10.2 Å². The fraction of sp³-hybridized carbons (Fsp3) is 0.375. The molecule has 1 heterocycles. The Labute approximate surface area is 136 Å². The molecule has 1 atom stereocenters. The molecule has 0 bridgehead atoms. The Kier molecular flexibility index (Phi) is 4.89. The number of benzene rings is 1. The van der Waals surface area contributed by atoms with E-state index in [1.165, 1.54) is 19.4 Å². The van der Waals surface area contributed by atoms with Crippen LogP contribution in [-0.2, 0) is 14.6 Å². The van der Waals surface area contributed by atoms with Gasteiger partial charge >= 0.3 is 0 Å². The zero-order chi connectivity index (χ0) is 17.2. The van der Waals surface area contributed by atoms with Crippen LogP contribution in [0.15, 0.2) is 33.8 Å². The van der Waals surface area contributed by atoms with E-state index in [0.717, 1.165) is 11.3 Å². The van der Waals surface area contributed by atoms with Crippen LogP contribution in [0.25, 0.3) is 6.08 Å². The van der Waals surface area contributed by atoms with Gasteiger partial charge in [-0.1, -0.05) is 6.92 Å². The van der Waals surface area contributed by atoms with Crippen molar-refractivity contribution in [2.24, 2.45) is 11.0 Å². The second-order valence-corrected chi connectivity index (χ2v) is 7.62. The molecule has 2 rings (SSSR count). The summed E-state index contributed by atoms with van der Waals surface area (Å²) in [4.78, 5) is 11.6. The van der Waals surface area contributed by atoms with Gasteiger partial charge in [-0.3, -0.25) is 4.79 Å². The topological polar surface area (TPSA) is 84.8 Å². The summed E-state index contributed by atoms with van der Waals surface area (Å²) in [5.74, 6) is 0.433. The molecule has 1 aromatic carbocycles. The van der Waals surface area contributed by atoms with Gasteiger partial charge in [-0.2, -0.15) is 5.10 Å². The van der Waals surface area contributed by atoms with Gasteiger partial charge in [0.15, 0.2) is 9.84 Å². The molecule has 0 radical (unpaired) electrons. The largest absolute Gasteiger partial charge is 0.497 e. The molecule has 0 saturated carbocycles. The molecule has 0 aliphatic carbocycles. The molecular formula is C16H20N2O4S. The van der Waals surface area contributed by atoms with E-state index in [0.29, 0.717) is 17.7 Å². The van der Waals surface area contributed by atoms with Crippen LogP contribution in [0.1, 0.15) is 25.8 Å². The van der Waals surface area contributed by atoms with Crippen molar-refractivity contribution in [2.75, 3.05) is 13.4 Å². The van der Waals surface area contributed by atoms with E-state index in [9.17, 15) is 13.2 Å². The number of nitrogens with zero attached hydrogens (tertiary/aromatic N) is 1. The molecule has 1 amide bonds. The summed E-state index contributed by atoms with van der Waals surface area (Å²) >= 11 is 0. The molecular weight excluding hydrogens is 316 g/mol. The summed E-state index contributed by atoms with van der Waals surface area (Å²) < 4.78 is 29.1. The van der Waals surface area contributed by atoms with Crippen molar-refractivity contribution in [3.05, 3.63) is 29.3 Å². The Balaban J connectivity index is 2.51. The van der Waals surface area contributed by atoms with E-state index in [2.05, 4.69) is 10.5 Å². The van der Waals surface area contributed by atoms with Gasteiger partial charge in [-0.15, -0.1) is 0 Å². The van der Waals surface area contributed by atoms with Crippen molar-refractivity contribution in [3.8, 4) is 5.75 Å². The maximum atomic E-state index is 12.0. The number of methoxy groups -OCH3 is 1. The van der Waals surface area contributed by atoms with Crippen molar-refractivity contribution in [1.29, 1.82) is 0 Å². The molecule has 1 aliphatic heterocycles. The highest BCUT2D eigenvalue weighted by Gasteiger charge is 2.22. The summed E-state index contributed by atoms with van der Waals surface area (Å²) in [7, 11) is -1.84. The maximum absolute atomic E-state index is 12.0. The lowest BCUT2D eigenvalue weighted by Crippen LogP contribution is -2.31. The van der Waals surface area contributed by atoms with Gasteiger partial charge in [0.1, 0.15) is 5.75 Å². The fourth-order valence-electron chi connectivity index (χ4n) is 2.54. The Morgan fingerprint density at radius 2 is 2.13 bits per heavy atom. The van der Waals surface area contributed by atoms with Crippen molar-refractivity contribution >= 4 is 27.5 Å². The van der Waals surface area contributed by atoms with Crippen LogP contribution in [0.2, 0.25) is 0 Å². The Morgan fingerprint density at radius 3 is 2.70 bits per heavy atom. The average molecular weight is 336 g/mol. The lowest BCUT2D eigenvalue weighted by molar-refractivity contribution is -0.121. The number of carbonyl (C=O) groups is 1. The van der Waals surface area contributed by atoms with Crippen LogP contribution >= 0.6 is 0 Å². The number of allylic oxidation sites excluding steroid dienone is 1. The van der Waals surface area contributed by atoms with Crippen molar-refractivity contribution in [3.63, 3.8) is 0 Å². The molecule has 1 N–H and O–H groups in total. The molecule has 7 heteroatoms. The summed E-state index contributed by atoms with van der Waals surface area (Å²) in [6, 6.07) is 4.82. The Hall–Kier alpha value is -2.15. The van der Waals surface area contributed by atoms with Crippen molar-refractivity contribution in [1.82, 2.24) is 5.43 Å². The Bertz CT molecular complexity index is 794. The molecule has 0 saturated heterocycles. The third kappa shape index (κ3) is 3.98. The summed E-state index contributed by atoms with van der Waals surface area (Å²) in [5, 5.41) is 4.09. The molecule has 124 valence electrons. The van der Waals surface area contributed by atoms with Gasteiger partial charge in [0, 0.05) is 18.6 Å². The zero-order valence-corrected chi connectivity index (χ0v) is 14.4. The molecule has 0 spiro atoms. The summed E-state index contributed by atoms with van der Waals surface area (Å²) in [5.41, 5.74) is 4.54. The normalized spacial score (nSPS) is 19.1. The van der Waals surface area contributed by atoms with Gasteiger partial charge in [0.25, 0.3) is 0 Å². The van der Waals surface area contributed by atoms with Crippen LogP contribution in [0, 0.1) is 5.92 Å². The van der Waals surface area contributed by atoms with E-state index in [-0.39, 0.29) is 16.7 Å². The highest BCUT2D eigenvalue weighted by atomic mass is 32.2. The quantitative estimate of drug-likeness (QED) is 0.911. The third-order valence-electron chi connectivity index (χ3n) is 3.65. The highest BCUT2D eigenvalue weighted by molar-refractivity contribution is 7.90. The van der Waals surface area contributed by atoms with Crippen LogP contribution in [0.5, 0.6) is 5.75 Å². The first-order valence-corrected chi connectivity index (χ1v) is 9.04. The number of rotatable bonds is 4. The van der Waals surface area contributed by atoms with Crippen LogP contribution in [-0.4, -0.2) is 33.4 Å². The maximum Gasteiger partial charge on any atom is 0.240 e. The van der Waals surface area contributed by atoms with Gasteiger partial charge in [-0.25, -0.2) is 13.8 Å². The number of hydrogen-bond donors (Lipinski definition) is 1. The minimum absolute atomic E-state index is 0.0210. The lowest BCUT2D eigenvalue weighted by atomic mass is 9.93. The summed E-state index contributed by atoms with van der Waals surface area (Å²) in [6.07, 6.45) is 3.29. The van der Waals surface area contributed by atoms with E-state index < -0.39 is 9.84 Å². The first-order valence-electron chi connectivity index (χ1n) is 7.15. The monoisotopic (exact) mass is 336 g/mol. The molecule has 23 heavy (non-hydrogen) atoms. The molecule has 6 nitrogen and oxygen atoms in total. The molecule has 0 fully saturated rings. The average Bonchev–Trinajstić information content (AvgIpc) is 2.45. The fourth-order valence-corrected chi connectivity index (χ4v) is 3.40. The number of amides is 1. The second kappa shape index (κ2) is 6.54. The molecule has 1 aromatic rings. The highest BCUT2D eigenvalue weighted by Crippen LogP contribution is 2.25. The standard InChI is InChI=1S/C16H20N2O4S/c1-10(16-11(2)8-15(19)17-18-16)7-12-9-13(22-3)5-6-14(12)23(4,20)21/h5-7,9,11H,8H2,1-4H3,(H,17,19). The van der Waals surface area contributed by atoms with E-state index >= 15 is 0 Å².